The van der Waals surface area contributed by atoms with Crippen molar-refractivity contribution in [3.8, 4) is 0 Å². The average Bonchev–Trinajstić information content (AvgIpc) is 3.39. The third-order valence-corrected chi connectivity index (χ3v) is 7.52. The van der Waals surface area contributed by atoms with E-state index in [1.165, 1.54) is 23.5 Å². The van der Waals surface area contributed by atoms with Gasteiger partial charge in [-0.3, -0.25) is 10.1 Å². The van der Waals surface area contributed by atoms with Crippen molar-refractivity contribution in [3.63, 3.8) is 0 Å². The molecule has 4 aromatic rings. The Bertz CT molecular complexity index is 1460. The number of anilines is 5. The Morgan fingerprint density at radius 2 is 1.64 bits per heavy atom. The van der Waals surface area contributed by atoms with Gasteiger partial charge in [-0.2, -0.15) is 15.0 Å². The molecule has 1 saturated heterocycles. The molecule has 1 aliphatic rings. The van der Waals surface area contributed by atoms with Crippen molar-refractivity contribution in [3.05, 3.63) is 75.8 Å². The van der Waals surface area contributed by atoms with Crippen LogP contribution >= 0.6 is 11.3 Å². The zero-order valence-corrected chi connectivity index (χ0v) is 23.3. The van der Waals surface area contributed by atoms with Crippen LogP contribution in [0.2, 0.25) is 0 Å². The molecule has 3 heterocycles. The maximum Gasteiger partial charge on any atom is 0.267 e. The number of piperazine rings is 1. The van der Waals surface area contributed by atoms with Gasteiger partial charge in [0.05, 0.1) is 6.20 Å². The molecule has 0 unspecified atom stereocenters. The third-order valence-electron chi connectivity index (χ3n) is 6.60. The maximum absolute atomic E-state index is 13.3. The molecule has 2 aromatic carbocycles. The van der Waals surface area contributed by atoms with Crippen LogP contribution in [0.15, 0.2) is 42.6 Å². The third kappa shape index (κ3) is 6.14. The molecule has 9 nitrogen and oxygen atoms in total. The van der Waals surface area contributed by atoms with Crippen molar-refractivity contribution in [1.29, 1.82) is 0 Å². The number of thiazole rings is 1. The fourth-order valence-electron chi connectivity index (χ4n) is 4.66. The molecule has 0 radical (unpaired) electrons. The van der Waals surface area contributed by atoms with Gasteiger partial charge in [0.25, 0.3) is 5.91 Å². The number of aromatic nitrogens is 4. The standard InChI is InChI=1S/C28H31FN8OS/c1-5-23-31-26(34-27(32-23)37-12-10-36(11-13-37)21-8-6-20(29)7-9-21)35-28-30-16-22(39-28)25(38)33-24-18(3)14-17(2)15-19(24)4/h6-9,14-16H,5,10-13H2,1-4H3,(H,33,38)(H,30,31,32,34,35). The number of aryl methyl sites for hydroxylation is 4. The minimum atomic E-state index is -0.237. The minimum absolute atomic E-state index is 0.208. The summed E-state index contributed by atoms with van der Waals surface area (Å²) in [6.07, 6.45) is 2.21. The molecule has 5 rings (SSSR count). The molecule has 1 aliphatic heterocycles. The second-order valence-corrected chi connectivity index (χ2v) is 10.6. The number of hydrogen-bond acceptors (Lipinski definition) is 9. The number of carbonyl (C=O) groups excluding carboxylic acids is 1. The van der Waals surface area contributed by atoms with Crippen LogP contribution in [0.5, 0.6) is 0 Å². The highest BCUT2D eigenvalue weighted by Crippen LogP contribution is 2.26. The Balaban J connectivity index is 1.26. The Hall–Kier alpha value is -4.12. The first-order chi connectivity index (χ1) is 18.8. The summed E-state index contributed by atoms with van der Waals surface area (Å²) >= 11 is 1.24. The quantitative estimate of drug-likeness (QED) is 0.323. The molecule has 202 valence electrons. The first-order valence-corrected chi connectivity index (χ1v) is 13.7. The van der Waals surface area contributed by atoms with Gasteiger partial charge in [0.1, 0.15) is 16.5 Å². The molecule has 0 atom stereocenters. The van der Waals surface area contributed by atoms with E-state index in [0.717, 1.165) is 54.2 Å². The largest absolute Gasteiger partial charge is 0.368 e. The Labute approximate surface area is 231 Å². The lowest BCUT2D eigenvalue weighted by molar-refractivity contribution is 0.103. The van der Waals surface area contributed by atoms with Gasteiger partial charge in [0.15, 0.2) is 5.13 Å². The van der Waals surface area contributed by atoms with Crippen LogP contribution in [-0.4, -0.2) is 52.0 Å². The predicted octanol–water partition coefficient (Wildman–Crippen LogP) is 5.28. The summed E-state index contributed by atoms with van der Waals surface area (Å²) in [5.41, 5.74) is 5.02. The number of halogens is 1. The lowest BCUT2D eigenvalue weighted by atomic mass is 10.1. The van der Waals surface area contributed by atoms with Crippen LogP contribution in [0.3, 0.4) is 0 Å². The van der Waals surface area contributed by atoms with Gasteiger partial charge >= 0.3 is 0 Å². The van der Waals surface area contributed by atoms with E-state index in [2.05, 4.69) is 52.5 Å². The van der Waals surface area contributed by atoms with Gasteiger partial charge < -0.3 is 15.1 Å². The van der Waals surface area contributed by atoms with Crippen molar-refractivity contribution in [2.75, 3.05) is 46.6 Å². The SMILES string of the molecule is CCc1nc(Nc2ncc(C(=O)Nc3c(C)cc(C)cc3C)s2)nc(N2CCN(c3ccc(F)cc3)CC2)n1. The van der Waals surface area contributed by atoms with Gasteiger partial charge in [0.2, 0.25) is 11.9 Å². The summed E-state index contributed by atoms with van der Waals surface area (Å²) in [6, 6.07) is 10.7. The molecule has 2 N–H and O–H groups in total. The number of nitrogens with one attached hydrogen (secondary N) is 2. The summed E-state index contributed by atoms with van der Waals surface area (Å²) in [6.45, 7) is 11.0. The van der Waals surface area contributed by atoms with Crippen molar-refractivity contribution in [2.45, 2.75) is 34.1 Å². The first kappa shape index (κ1) is 26.5. The fourth-order valence-corrected chi connectivity index (χ4v) is 5.37. The Morgan fingerprint density at radius 3 is 2.31 bits per heavy atom. The highest BCUT2D eigenvalue weighted by molar-refractivity contribution is 7.17. The van der Waals surface area contributed by atoms with Gasteiger partial charge in [-0.15, -0.1) is 0 Å². The summed E-state index contributed by atoms with van der Waals surface area (Å²) in [4.78, 5) is 36.0. The molecule has 1 fully saturated rings. The molecule has 0 spiro atoms. The predicted molar refractivity (Wildman–Crippen MR) is 154 cm³/mol. The zero-order chi connectivity index (χ0) is 27.5. The number of hydrogen-bond donors (Lipinski definition) is 2. The first-order valence-electron chi connectivity index (χ1n) is 12.9. The topological polar surface area (TPSA) is 99.2 Å². The van der Waals surface area contributed by atoms with E-state index < -0.39 is 0 Å². The van der Waals surface area contributed by atoms with Crippen LogP contribution in [0.4, 0.5) is 32.8 Å². The number of rotatable bonds is 7. The number of amides is 1. The van der Waals surface area contributed by atoms with E-state index in [9.17, 15) is 9.18 Å². The molecular weight excluding hydrogens is 515 g/mol. The maximum atomic E-state index is 13.3. The number of nitrogens with zero attached hydrogens (tertiary/aromatic N) is 6. The van der Waals surface area contributed by atoms with E-state index in [4.69, 9.17) is 0 Å². The van der Waals surface area contributed by atoms with Crippen LogP contribution in [-0.2, 0) is 6.42 Å². The van der Waals surface area contributed by atoms with Crippen LogP contribution in [0.25, 0.3) is 0 Å². The summed E-state index contributed by atoms with van der Waals surface area (Å²) in [5.74, 6) is 1.22. The lowest BCUT2D eigenvalue weighted by Gasteiger charge is -2.36. The molecule has 0 saturated carbocycles. The second kappa shape index (κ2) is 11.3. The monoisotopic (exact) mass is 546 g/mol. The fraction of sp³-hybridized carbons (Fsp3) is 0.321. The molecule has 39 heavy (non-hydrogen) atoms. The highest BCUT2D eigenvalue weighted by atomic mass is 32.1. The van der Waals surface area contributed by atoms with E-state index in [0.29, 0.717) is 34.2 Å². The number of benzene rings is 2. The lowest BCUT2D eigenvalue weighted by Crippen LogP contribution is -2.47. The summed E-state index contributed by atoms with van der Waals surface area (Å²) in [7, 11) is 0. The van der Waals surface area contributed by atoms with Crippen molar-refractivity contribution < 1.29 is 9.18 Å². The Morgan fingerprint density at radius 1 is 0.974 bits per heavy atom. The highest BCUT2D eigenvalue weighted by Gasteiger charge is 2.21. The Kier molecular flexibility index (Phi) is 7.69. The average molecular weight is 547 g/mol. The normalized spacial score (nSPS) is 13.5. The van der Waals surface area contributed by atoms with E-state index >= 15 is 0 Å². The molecule has 0 aliphatic carbocycles. The van der Waals surface area contributed by atoms with Crippen molar-refractivity contribution in [1.82, 2.24) is 19.9 Å². The van der Waals surface area contributed by atoms with E-state index in [-0.39, 0.29) is 11.7 Å². The van der Waals surface area contributed by atoms with E-state index in [1.54, 1.807) is 18.3 Å². The van der Waals surface area contributed by atoms with Crippen molar-refractivity contribution >= 4 is 45.6 Å². The smallest absolute Gasteiger partial charge is 0.267 e. The molecule has 2 aromatic heterocycles. The van der Waals surface area contributed by atoms with Gasteiger partial charge in [-0.05, 0) is 56.2 Å². The molecule has 11 heteroatoms. The van der Waals surface area contributed by atoms with Gasteiger partial charge in [-0.1, -0.05) is 36.0 Å². The summed E-state index contributed by atoms with van der Waals surface area (Å²) in [5, 5.41) is 6.71. The second-order valence-electron chi connectivity index (χ2n) is 9.56. The zero-order valence-electron chi connectivity index (χ0n) is 22.5. The molecular formula is C28H31FN8OS. The minimum Gasteiger partial charge on any atom is -0.368 e. The van der Waals surface area contributed by atoms with Gasteiger partial charge in [0, 0.05) is 44.0 Å². The van der Waals surface area contributed by atoms with Crippen LogP contribution in [0.1, 0.15) is 39.1 Å². The van der Waals surface area contributed by atoms with Crippen LogP contribution < -0.4 is 20.4 Å². The molecule has 1 amide bonds. The number of carbonyl (C=O) groups is 1. The van der Waals surface area contributed by atoms with Crippen LogP contribution in [0, 0.1) is 26.6 Å². The molecule has 0 bridgehead atoms. The summed E-state index contributed by atoms with van der Waals surface area (Å²) < 4.78 is 13.3. The van der Waals surface area contributed by atoms with Gasteiger partial charge in [-0.25, -0.2) is 9.37 Å². The van der Waals surface area contributed by atoms with E-state index in [1.807, 2.05) is 27.7 Å². The van der Waals surface area contributed by atoms with Crippen molar-refractivity contribution in [2.24, 2.45) is 0 Å².